The Morgan fingerprint density at radius 3 is 2.71 bits per heavy atom. The van der Waals surface area contributed by atoms with E-state index in [9.17, 15) is 0 Å². The Morgan fingerprint density at radius 1 is 1.43 bits per heavy atom. The van der Waals surface area contributed by atoms with Gasteiger partial charge in [0.05, 0.1) is 12.0 Å². The summed E-state index contributed by atoms with van der Waals surface area (Å²) in [5.74, 6) is 0.335. The third-order valence-electron chi connectivity index (χ3n) is 2.34. The fourth-order valence-corrected chi connectivity index (χ4v) is 1.60. The quantitative estimate of drug-likeness (QED) is 0.699. The molecule has 0 saturated heterocycles. The maximum Gasteiger partial charge on any atom is 0.0671 e. The smallest absolute Gasteiger partial charge is 0.0671 e. The molecular formula is C12H14ClN. The number of nitrogens with zero attached hydrogens (tertiary/aromatic N) is 1. The normalized spacial score (nSPS) is 12.1. The van der Waals surface area contributed by atoms with E-state index >= 15 is 0 Å². The van der Waals surface area contributed by atoms with Crippen LogP contribution in [0.2, 0.25) is 0 Å². The number of rotatable bonds is 3. The lowest BCUT2D eigenvalue weighted by Gasteiger charge is -2.09. The molecule has 1 nitrogen and oxygen atoms in total. The van der Waals surface area contributed by atoms with Gasteiger partial charge in [0.25, 0.3) is 0 Å². The summed E-state index contributed by atoms with van der Waals surface area (Å²) in [4.78, 5) is 0. The predicted molar refractivity (Wildman–Crippen MR) is 59.4 cm³/mol. The van der Waals surface area contributed by atoms with Gasteiger partial charge in [-0.25, -0.2) is 0 Å². The zero-order valence-electron chi connectivity index (χ0n) is 8.55. The lowest BCUT2D eigenvalue weighted by Crippen LogP contribution is -2.04. The van der Waals surface area contributed by atoms with E-state index in [2.05, 4.69) is 38.1 Å². The highest BCUT2D eigenvalue weighted by Gasteiger charge is 2.08. The molecule has 1 atom stereocenters. The Bertz CT molecular complexity index is 352. The molecule has 0 aliphatic rings. The van der Waals surface area contributed by atoms with Crippen molar-refractivity contribution in [1.82, 2.24) is 0 Å². The van der Waals surface area contributed by atoms with Gasteiger partial charge in [0, 0.05) is 5.88 Å². The maximum atomic E-state index is 8.81. The molecule has 0 fully saturated rings. The number of hydrogen-bond donors (Lipinski definition) is 0. The van der Waals surface area contributed by atoms with Crippen molar-refractivity contribution in [3.8, 4) is 6.07 Å². The second kappa shape index (κ2) is 5.02. The summed E-state index contributed by atoms with van der Waals surface area (Å²) in [6, 6.07) is 8.52. The zero-order chi connectivity index (χ0) is 10.6. The van der Waals surface area contributed by atoms with Crippen LogP contribution in [-0.4, -0.2) is 5.88 Å². The SMILES string of the molecule is Cc1ccc(C)c(CC(C#N)CCl)c1. The highest BCUT2D eigenvalue weighted by molar-refractivity contribution is 6.18. The van der Waals surface area contributed by atoms with E-state index in [1.165, 1.54) is 16.7 Å². The Morgan fingerprint density at radius 2 is 2.14 bits per heavy atom. The molecule has 0 radical (unpaired) electrons. The van der Waals surface area contributed by atoms with Crippen LogP contribution in [-0.2, 0) is 6.42 Å². The van der Waals surface area contributed by atoms with Crippen LogP contribution in [0.5, 0.6) is 0 Å². The molecule has 1 aromatic carbocycles. The van der Waals surface area contributed by atoms with Crippen molar-refractivity contribution in [2.75, 3.05) is 5.88 Å². The van der Waals surface area contributed by atoms with Gasteiger partial charge in [-0.2, -0.15) is 5.26 Å². The van der Waals surface area contributed by atoms with Gasteiger partial charge in [-0.05, 0) is 31.4 Å². The molecule has 1 aromatic rings. The molecular weight excluding hydrogens is 194 g/mol. The molecule has 0 aliphatic carbocycles. The topological polar surface area (TPSA) is 23.8 Å². The van der Waals surface area contributed by atoms with Crippen molar-refractivity contribution in [2.24, 2.45) is 5.92 Å². The average molecular weight is 208 g/mol. The van der Waals surface area contributed by atoms with Gasteiger partial charge >= 0.3 is 0 Å². The minimum absolute atomic E-state index is 0.0721. The number of hydrogen-bond acceptors (Lipinski definition) is 1. The molecule has 0 spiro atoms. The summed E-state index contributed by atoms with van der Waals surface area (Å²) in [6.45, 7) is 4.13. The van der Waals surface area contributed by atoms with E-state index < -0.39 is 0 Å². The van der Waals surface area contributed by atoms with Gasteiger partial charge in [-0.1, -0.05) is 23.8 Å². The highest BCUT2D eigenvalue weighted by atomic mass is 35.5. The fraction of sp³-hybridized carbons (Fsp3) is 0.417. The molecule has 14 heavy (non-hydrogen) atoms. The molecule has 0 heterocycles. The van der Waals surface area contributed by atoms with E-state index in [4.69, 9.17) is 16.9 Å². The number of nitriles is 1. The van der Waals surface area contributed by atoms with Crippen LogP contribution in [0.4, 0.5) is 0 Å². The first kappa shape index (κ1) is 11.1. The molecule has 0 amide bonds. The highest BCUT2D eigenvalue weighted by Crippen LogP contribution is 2.15. The lowest BCUT2D eigenvalue weighted by atomic mass is 9.97. The van der Waals surface area contributed by atoms with E-state index in [0.29, 0.717) is 5.88 Å². The number of benzene rings is 1. The first-order valence-corrected chi connectivity index (χ1v) is 5.22. The van der Waals surface area contributed by atoms with E-state index in [1.54, 1.807) is 0 Å². The van der Waals surface area contributed by atoms with Gasteiger partial charge in [0.2, 0.25) is 0 Å². The van der Waals surface area contributed by atoms with Crippen molar-refractivity contribution in [3.05, 3.63) is 34.9 Å². The molecule has 1 unspecified atom stereocenters. The standard InChI is InChI=1S/C12H14ClN/c1-9-3-4-10(2)12(5-9)6-11(7-13)8-14/h3-5,11H,6-7H2,1-2H3. The number of halogens is 1. The first-order valence-electron chi connectivity index (χ1n) is 4.69. The molecule has 74 valence electrons. The summed E-state index contributed by atoms with van der Waals surface area (Å²) in [5, 5.41) is 8.81. The van der Waals surface area contributed by atoms with Crippen molar-refractivity contribution in [2.45, 2.75) is 20.3 Å². The summed E-state index contributed by atoms with van der Waals surface area (Å²) in [5.41, 5.74) is 3.70. The molecule has 0 aromatic heterocycles. The van der Waals surface area contributed by atoms with Crippen molar-refractivity contribution >= 4 is 11.6 Å². The van der Waals surface area contributed by atoms with Crippen molar-refractivity contribution in [1.29, 1.82) is 5.26 Å². The Hall–Kier alpha value is -1.000. The first-order chi connectivity index (χ1) is 6.67. The summed E-state index contributed by atoms with van der Waals surface area (Å²) in [7, 11) is 0. The Labute approximate surface area is 90.3 Å². The third-order valence-corrected chi connectivity index (χ3v) is 2.71. The summed E-state index contributed by atoms with van der Waals surface area (Å²) < 4.78 is 0. The Kier molecular flexibility index (Phi) is 3.98. The molecule has 0 bridgehead atoms. The zero-order valence-corrected chi connectivity index (χ0v) is 9.30. The minimum Gasteiger partial charge on any atom is -0.198 e. The van der Waals surface area contributed by atoms with Gasteiger partial charge in [-0.15, -0.1) is 11.6 Å². The predicted octanol–water partition coefficient (Wildman–Crippen LogP) is 3.22. The van der Waals surface area contributed by atoms with Gasteiger partial charge in [0.1, 0.15) is 0 Å². The van der Waals surface area contributed by atoms with Gasteiger partial charge in [0.15, 0.2) is 0 Å². The monoisotopic (exact) mass is 207 g/mol. The van der Waals surface area contributed by atoms with Crippen LogP contribution in [0.1, 0.15) is 16.7 Å². The van der Waals surface area contributed by atoms with Gasteiger partial charge < -0.3 is 0 Å². The van der Waals surface area contributed by atoms with Crippen LogP contribution in [0.3, 0.4) is 0 Å². The fourth-order valence-electron chi connectivity index (χ4n) is 1.42. The largest absolute Gasteiger partial charge is 0.198 e. The Balaban J connectivity index is 2.86. The number of alkyl halides is 1. The van der Waals surface area contributed by atoms with Crippen molar-refractivity contribution < 1.29 is 0 Å². The second-order valence-corrected chi connectivity index (χ2v) is 3.92. The van der Waals surface area contributed by atoms with Crippen LogP contribution >= 0.6 is 11.6 Å². The van der Waals surface area contributed by atoms with E-state index in [-0.39, 0.29) is 5.92 Å². The van der Waals surface area contributed by atoms with Crippen LogP contribution in [0, 0.1) is 31.1 Å². The molecule has 1 rings (SSSR count). The third kappa shape index (κ3) is 2.75. The minimum atomic E-state index is -0.0721. The number of aryl methyl sites for hydroxylation is 2. The summed E-state index contributed by atoms with van der Waals surface area (Å²) >= 11 is 5.69. The van der Waals surface area contributed by atoms with Crippen LogP contribution in [0.15, 0.2) is 18.2 Å². The molecule has 0 N–H and O–H groups in total. The molecule has 0 aliphatic heterocycles. The molecule has 2 heteroatoms. The summed E-state index contributed by atoms with van der Waals surface area (Å²) in [6.07, 6.45) is 0.757. The van der Waals surface area contributed by atoms with Gasteiger partial charge in [-0.3, -0.25) is 0 Å². The van der Waals surface area contributed by atoms with Crippen LogP contribution in [0.25, 0.3) is 0 Å². The van der Waals surface area contributed by atoms with Crippen molar-refractivity contribution in [3.63, 3.8) is 0 Å². The second-order valence-electron chi connectivity index (χ2n) is 3.61. The molecule has 0 saturated carbocycles. The van der Waals surface area contributed by atoms with E-state index in [0.717, 1.165) is 6.42 Å². The maximum absolute atomic E-state index is 8.81. The average Bonchev–Trinajstić information content (AvgIpc) is 2.19. The van der Waals surface area contributed by atoms with E-state index in [1.807, 2.05) is 0 Å². The lowest BCUT2D eigenvalue weighted by molar-refractivity contribution is 0.742. The van der Waals surface area contributed by atoms with Crippen LogP contribution < -0.4 is 0 Å².